The van der Waals surface area contributed by atoms with E-state index < -0.39 is 0 Å². The summed E-state index contributed by atoms with van der Waals surface area (Å²) in [6, 6.07) is 0. The minimum absolute atomic E-state index is 0. The molecule has 0 aromatic carbocycles. The van der Waals surface area contributed by atoms with E-state index in [1.54, 1.807) is 0 Å². The molecule has 0 nitrogen and oxygen atoms in total. The summed E-state index contributed by atoms with van der Waals surface area (Å²) in [5.74, 6) is 1.55. The average molecular weight is 271 g/mol. The molecule has 0 saturated carbocycles. The molecule has 0 N–H and O–H groups in total. The molecule has 0 heterocycles. The Morgan fingerprint density at radius 1 is 1.27 bits per heavy atom. The van der Waals surface area contributed by atoms with Crippen molar-refractivity contribution in [1.29, 1.82) is 0 Å². The first kappa shape index (κ1) is 18.1. The second-order valence-corrected chi connectivity index (χ2v) is 2.89. The zero-order valence-corrected chi connectivity index (χ0v) is 11.1. The van der Waals surface area contributed by atoms with Crippen molar-refractivity contribution in [3.05, 3.63) is 11.6 Å². The Hall–Kier alpha value is 1.20. The number of allylic oxidation sites excluding steroid dienone is 2. The fourth-order valence-corrected chi connectivity index (χ4v) is 1.25. The van der Waals surface area contributed by atoms with Crippen LogP contribution in [0.2, 0.25) is 0 Å². The first-order valence-electron chi connectivity index (χ1n) is 3.29. The third-order valence-electron chi connectivity index (χ3n) is 1.96. The van der Waals surface area contributed by atoms with Gasteiger partial charge < -0.3 is 30.9 Å². The zero-order valence-electron chi connectivity index (χ0n) is 7.12. The van der Waals surface area contributed by atoms with Gasteiger partial charge in [-0.2, -0.15) is 5.92 Å². The molecule has 2 atom stereocenters. The van der Waals surface area contributed by atoms with Gasteiger partial charge in [0.05, 0.1) is 0 Å². The fourth-order valence-electron chi connectivity index (χ4n) is 1.25. The second kappa shape index (κ2) is 7.83. The van der Waals surface area contributed by atoms with Gasteiger partial charge in [-0.3, -0.25) is 5.57 Å². The summed E-state index contributed by atoms with van der Waals surface area (Å²) in [6.07, 6.45) is 4.65. The van der Waals surface area contributed by atoms with Crippen LogP contribution >= 0.6 is 0 Å². The molecule has 1 aliphatic carbocycles. The smallest absolute Gasteiger partial charge is 1.00 e. The number of rotatable bonds is 0. The van der Waals surface area contributed by atoms with Crippen LogP contribution in [0.3, 0.4) is 0 Å². The van der Waals surface area contributed by atoms with E-state index in [1.807, 2.05) is 0 Å². The summed E-state index contributed by atoms with van der Waals surface area (Å²) in [6.45, 7) is 6.69. The van der Waals surface area contributed by atoms with Gasteiger partial charge in [-0.1, -0.05) is 33.1 Å². The van der Waals surface area contributed by atoms with Crippen molar-refractivity contribution in [2.45, 2.75) is 27.2 Å². The standard InChI is InChI=1S/C8H13.2ClH.Zr/c1-6-4-7(2)8(3)5-6;;;/h7-8H,4H2,1-3H3;2*1H;/q-1;;;+3/p-2. The number of halogens is 2. The van der Waals surface area contributed by atoms with Crippen LogP contribution in [0.5, 0.6) is 0 Å². The molecule has 1 rings (SSSR count). The summed E-state index contributed by atoms with van der Waals surface area (Å²) in [7, 11) is 0. The van der Waals surface area contributed by atoms with E-state index in [4.69, 9.17) is 0 Å². The van der Waals surface area contributed by atoms with E-state index in [0.29, 0.717) is 5.92 Å². The molecule has 1 radical (unpaired) electrons. The Labute approximate surface area is 101 Å². The topological polar surface area (TPSA) is 0 Å². The van der Waals surface area contributed by atoms with E-state index >= 15 is 0 Å². The Morgan fingerprint density at radius 2 is 1.73 bits per heavy atom. The minimum Gasteiger partial charge on any atom is -1.00 e. The Morgan fingerprint density at radius 3 is 1.82 bits per heavy atom. The van der Waals surface area contributed by atoms with Crippen molar-refractivity contribution < 1.29 is 51.0 Å². The van der Waals surface area contributed by atoms with Gasteiger partial charge in [-0.05, 0) is 0 Å². The van der Waals surface area contributed by atoms with Crippen molar-refractivity contribution in [2.75, 3.05) is 0 Å². The van der Waals surface area contributed by atoms with Crippen molar-refractivity contribution in [3.63, 3.8) is 0 Å². The van der Waals surface area contributed by atoms with E-state index in [9.17, 15) is 0 Å². The molecule has 0 saturated heterocycles. The quantitative estimate of drug-likeness (QED) is 0.400. The molecular weight excluding hydrogens is 258 g/mol. The maximum Gasteiger partial charge on any atom is 3.00 e. The molecular formula is C8H13Cl2Zr. The predicted molar refractivity (Wildman–Crippen MR) is 35.4 cm³/mol. The van der Waals surface area contributed by atoms with Gasteiger partial charge in [0.15, 0.2) is 0 Å². The Balaban J connectivity index is -0.000000213. The summed E-state index contributed by atoms with van der Waals surface area (Å²) in [5, 5.41) is 0. The molecule has 0 spiro atoms. The van der Waals surface area contributed by atoms with E-state index in [0.717, 1.165) is 5.92 Å². The first-order chi connectivity index (χ1) is 3.70. The van der Waals surface area contributed by atoms with Crippen molar-refractivity contribution in [1.82, 2.24) is 0 Å². The summed E-state index contributed by atoms with van der Waals surface area (Å²) in [4.78, 5) is 0. The predicted octanol–water partition coefficient (Wildman–Crippen LogP) is -3.58. The van der Waals surface area contributed by atoms with Gasteiger partial charge in [0.1, 0.15) is 0 Å². The molecule has 0 amide bonds. The van der Waals surface area contributed by atoms with Crippen LogP contribution in [0.25, 0.3) is 0 Å². The summed E-state index contributed by atoms with van der Waals surface area (Å²) in [5.41, 5.74) is 1.45. The molecule has 0 bridgehead atoms. The monoisotopic (exact) mass is 269 g/mol. The van der Waals surface area contributed by atoms with Gasteiger partial charge >= 0.3 is 26.2 Å². The molecule has 1 aliphatic rings. The maximum atomic E-state index is 3.38. The number of hydrogen-bond acceptors (Lipinski definition) is 0. The van der Waals surface area contributed by atoms with Gasteiger partial charge in [0.2, 0.25) is 0 Å². The molecule has 2 unspecified atom stereocenters. The third kappa shape index (κ3) is 5.44. The fraction of sp³-hybridized carbons (Fsp3) is 0.750. The van der Waals surface area contributed by atoms with Crippen molar-refractivity contribution in [2.24, 2.45) is 11.8 Å². The van der Waals surface area contributed by atoms with Gasteiger partial charge in [0, 0.05) is 0 Å². The molecule has 0 aromatic rings. The molecule has 11 heavy (non-hydrogen) atoms. The Kier molecular flexibility index (Phi) is 12.9. The summed E-state index contributed by atoms with van der Waals surface area (Å²) >= 11 is 0. The Bertz CT molecular complexity index is 123. The van der Waals surface area contributed by atoms with Crippen LogP contribution in [0.1, 0.15) is 27.2 Å². The van der Waals surface area contributed by atoms with Crippen LogP contribution in [0.4, 0.5) is 0 Å². The van der Waals surface area contributed by atoms with Gasteiger partial charge in [0.25, 0.3) is 0 Å². The average Bonchev–Trinajstić information content (AvgIpc) is 1.85. The molecule has 0 fully saturated rings. The van der Waals surface area contributed by atoms with Crippen LogP contribution in [0, 0.1) is 17.9 Å². The van der Waals surface area contributed by atoms with Crippen molar-refractivity contribution >= 4 is 0 Å². The second-order valence-electron chi connectivity index (χ2n) is 2.89. The number of hydrogen-bond donors (Lipinski definition) is 0. The minimum atomic E-state index is 0. The van der Waals surface area contributed by atoms with Crippen LogP contribution in [-0.4, -0.2) is 0 Å². The van der Waals surface area contributed by atoms with E-state index in [1.165, 1.54) is 12.0 Å². The third-order valence-corrected chi connectivity index (χ3v) is 1.96. The normalized spacial score (nSPS) is 27.4. The molecule has 63 valence electrons. The van der Waals surface area contributed by atoms with E-state index in [2.05, 4.69) is 26.8 Å². The zero-order chi connectivity index (χ0) is 6.15. The van der Waals surface area contributed by atoms with Gasteiger partial charge in [-0.25, -0.2) is 0 Å². The summed E-state index contributed by atoms with van der Waals surface area (Å²) < 4.78 is 0. The molecule has 0 aliphatic heterocycles. The first-order valence-corrected chi connectivity index (χ1v) is 3.29. The molecule has 0 aromatic heterocycles. The van der Waals surface area contributed by atoms with Gasteiger partial charge in [-0.15, -0.1) is 0 Å². The maximum absolute atomic E-state index is 3.38. The van der Waals surface area contributed by atoms with Crippen LogP contribution in [0.15, 0.2) is 5.57 Å². The SMILES string of the molecule is CC1=[C-]C(C)C(C)C1.[Cl-].[Cl-].[Zr+3]. The molecule has 3 heteroatoms. The van der Waals surface area contributed by atoms with Crippen molar-refractivity contribution in [3.8, 4) is 0 Å². The largest absolute Gasteiger partial charge is 3.00 e. The van der Waals surface area contributed by atoms with E-state index in [-0.39, 0.29) is 51.0 Å². The van der Waals surface area contributed by atoms with Crippen LogP contribution < -0.4 is 24.8 Å². The van der Waals surface area contributed by atoms with Crippen LogP contribution in [-0.2, 0) is 26.2 Å².